The average Bonchev–Trinajstić information content (AvgIpc) is 3.20. The van der Waals surface area contributed by atoms with Crippen molar-refractivity contribution in [1.29, 1.82) is 0 Å². The van der Waals surface area contributed by atoms with Crippen LogP contribution in [0.3, 0.4) is 0 Å². The number of carbonyl (C=O) groups is 2. The molecule has 0 fully saturated rings. The number of benzene rings is 2. The van der Waals surface area contributed by atoms with Gasteiger partial charge in [0.1, 0.15) is 0 Å². The van der Waals surface area contributed by atoms with Gasteiger partial charge in [-0.3, -0.25) is 19.5 Å². The number of fused-ring (bicyclic) bond motifs is 2. The first-order valence-corrected chi connectivity index (χ1v) is 9.13. The fourth-order valence-corrected chi connectivity index (χ4v) is 3.15. The van der Waals surface area contributed by atoms with E-state index in [1.165, 1.54) is 36.4 Å². The number of nitrogens with zero attached hydrogens (tertiary/aromatic N) is 3. The molecule has 2 heterocycles. The van der Waals surface area contributed by atoms with Crippen molar-refractivity contribution in [3.05, 3.63) is 56.8 Å². The van der Waals surface area contributed by atoms with Crippen molar-refractivity contribution in [2.24, 2.45) is 0 Å². The van der Waals surface area contributed by atoms with E-state index >= 15 is 0 Å². The van der Waals surface area contributed by atoms with Crippen molar-refractivity contribution in [1.82, 2.24) is 19.6 Å². The van der Waals surface area contributed by atoms with Crippen LogP contribution in [0.25, 0.3) is 21.8 Å². The lowest BCUT2D eigenvalue weighted by Gasteiger charge is -1.96. The van der Waals surface area contributed by atoms with Gasteiger partial charge in [-0.25, -0.2) is 4.68 Å². The topological polar surface area (TPSA) is 99.0 Å². The third-order valence-corrected chi connectivity index (χ3v) is 4.54. The first-order valence-electron chi connectivity index (χ1n) is 8.37. The largest absolute Gasteiger partial charge is 0.479 e. The number of ether oxygens (including phenoxy) is 1. The predicted molar refractivity (Wildman–Crippen MR) is 111 cm³/mol. The van der Waals surface area contributed by atoms with E-state index in [1.807, 2.05) is 0 Å². The van der Waals surface area contributed by atoms with Crippen molar-refractivity contribution >= 4 is 56.8 Å². The van der Waals surface area contributed by atoms with E-state index in [1.54, 1.807) is 30.3 Å². The minimum atomic E-state index is -0.308. The lowest BCUT2D eigenvalue weighted by molar-refractivity contribution is 0.0917. The van der Waals surface area contributed by atoms with E-state index in [0.29, 0.717) is 32.3 Å². The predicted octanol–water partition coefficient (Wildman–Crippen LogP) is 4.00. The van der Waals surface area contributed by atoms with Gasteiger partial charge in [-0.05, 0) is 36.4 Å². The molecule has 4 rings (SSSR count). The molecule has 0 aliphatic rings. The number of hydrogen-bond donors (Lipinski definition) is 1. The number of H-pyrrole nitrogens is 1. The minimum Gasteiger partial charge on any atom is -0.479 e. The van der Waals surface area contributed by atoms with Crippen molar-refractivity contribution in [3.63, 3.8) is 0 Å². The number of nitrogens with one attached hydrogen (secondary N) is 1. The standard InChI is InChI=1S/C10H9ClN2O2.C9H7ClN2O2/c1-6(14)13-9-4-3-7(11)5-8(9)10(12-13)15-2;1-5(13)12-8-3-2-6(10)4-7(8)9(14)11-12/h3-5H,1-2H3;2-4H,1H3,(H,11,14). The van der Waals surface area contributed by atoms with Crippen LogP contribution < -0.4 is 10.3 Å². The Morgan fingerprint density at radius 3 is 2.10 bits per heavy atom. The van der Waals surface area contributed by atoms with E-state index in [-0.39, 0.29) is 17.4 Å². The highest BCUT2D eigenvalue weighted by Crippen LogP contribution is 2.27. The summed E-state index contributed by atoms with van der Waals surface area (Å²) in [6, 6.07) is 9.99. The molecule has 0 bridgehead atoms. The zero-order valence-corrected chi connectivity index (χ0v) is 17.2. The van der Waals surface area contributed by atoms with E-state index in [4.69, 9.17) is 27.9 Å². The van der Waals surface area contributed by atoms with Crippen molar-refractivity contribution in [3.8, 4) is 5.88 Å². The second-order valence-electron chi connectivity index (χ2n) is 6.06. The van der Waals surface area contributed by atoms with Gasteiger partial charge in [0.15, 0.2) is 0 Å². The number of aromatic nitrogens is 4. The Morgan fingerprint density at radius 2 is 1.55 bits per heavy atom. The fourth-order valence-electron chi connectivity index (χ4n) is 2.81. The van der Waals surface area contributed by atoms with Crippen LogP contribution >= 0.6 is 23.2 Å². The number of carbonyl (C=O) groups excluding carboxylic acids is 2. The van der Waals surface area contributed by atoms with E-state index < -0.39 is 0 Å². The van der Waals surface area contributed by atoms with Crippen LogP contribution in [0.15, 0.2) is 41.2 Å². The normalized spacial score (nSPS) is 10.7. The minimum absolute atomic E-state index is 0.161. The summed E-state index contributed by atoms with van der Waals surface area (Å²) >= 11 is 11.6. The Labute approximate surface area is 174 Å². The summed E-state index contributed by atoms with van der Waals surface area (Å²) in [6.07, 6.45) is 0. The molecule has 0 saturated carbocycles. The van der Waals surface area contributed by atoms with Gasteiger partial charge < -0.3 is 4.74 Å². The molecule has 1 N–H and O–H groups in total. The highest BCUT2D eigenvalue weighted by Gasteiger charge is 2.13. The second-order valence-corrected chi connectivity index (χ2v) is 6.93. The van der Waals surface area contributed by atoms with Gasteiger partial charge in [0, 0.05) is 23.9 Å². The molecule has 4 aromatic rings. The van der Waals surface area contributed by atoms with E-state index in [2.05, 4.69) is 10.2 Å². The molecular formula is C19H16Cl2N4O4. The third-order valence-electron chi connectivity index (χ3n) is 4.07. The van der Waals surface area contributed by atoms with Gasteiger partial charge in [-0.15, -0.1) is 5.10 Å². The fraction of sp³-hybridized carbons (Fsp3) is 0.158. The zero-order chi connectivity index (χ0) is 21.3. The maximum Gasteiger partial charge on any atom is 0.272 e. The summed E-state index contributed by atoms with van der Waals surface area (Å²) in [4.78, 5) is 33.8. The van der Waals surface area contributed by atoms with Gasteiger partial charge in [0.05, 0.1) is 28.9 Å². The first kappa shape index (κ1) is 20.6. The molecule has 0 aliphatic heterocycles. The molecule has 0 amide bonds. The third kappa shape index (κ3) is 4.03. The maximum absolute atomic E-state index is 11.4. The van der Waals surface area contributed by atoms with Crippen LogP contribution in [0.5, 0.6) is 5.88 Å². The van der Waals surface area contributed by atoms with Crippen LogP contribution in [0, 0.1) is 0 Å². The van der Waals surface area contributed by atoms with Gasteiger partial charge in [-0.1, -0.05) is 23.2 Å². The quantitative estimate of drug-likeness (QED) is 0.487. The number of halogens is 2. The van der Waals surface area contributed by atoms with Gasteiger partial charge in [0.25, 0.3) is 5.56 Å². The SMILES string of the molecule is CC(=O)n1[nH]c(=O)c2cc(Cl)ccc21.COc1nn(C(C)=O)c2ccc(Cl)cc12. The molecule has 29 heavy (non-hydrogen) atoms. The van der Waals surface area contributed by atoms with Gasteiger partial charge in [-0.2, -0.15) is 4.68 Å². The smallest absolute Gasteiger partial charge is 0.272 e. The average molecular weight is 435 g/mol. The Morgan fingerprint density at radius 1 is 0.966 bits per heavy atom. The molecule has 0 aliphatic carbocycles. The van der Waals surface area contributed by atoms with Crippen molar-refractivity contribution in [2.45, 2.75) is 13.8 Å². The molecule has 0 radical (unpaired) electrons. The highest BCUT2D eigenvalue weighted by atomic mass is 35.5. The van der Waals surface area contributed by atoms with E-state index in [9.17, 15) is 14.4 Å². The summed E-state index contributed by atoms with van der Waals surface area (Å²) < 4.78 is 7.57. The molecule has 0 spiro atoms. The molecule has 2 aromatic carbocycles. The molecule has 0 saturated heterocycles. The van der Waals surface area contributed by atoms with Gasteiger partial charge in [0.2, 0.25) is 17.7 Å². The number of methoxy groups -OCH3 is 1. The monoisotopic (exact) mass is 434 g/mol. The van der Waals surface area contributed by atoms with Crippen LogP contribution in [0.1, 0.15) is 23.4 Å². The summed E-state index contributed by atoms with van der Waals surface area (Å²) in [5.74, 6) is 0.00717. The van der Waals surface area contributed by atoms with E-state index in [0.717, 1.165) is 5.39 Å². The highest BCUT2D eigenvalue weighted by molar-refractivity contribution is 6.31. The van der Waals surface area contributed by atoms with Crippen LogP contribution in [-0.2, 0) is 0 Å². The number of aromatic amines is 1. The summed E-state index contributed by atoms with van der Waals surface area (Å²) in [5, 5.41) is 8.69. The Bertz CT molecular complexity index is 1300. The van der Waals surface area contributed by atoms with Crippen LogP contribution in [0.2, 0.25) is 10.0 Å². The molecule has 2 aromatic heterocycles. The molecule has 0 unspecified atom stereocenters. The van der Waals surface area contributed by atoms with Crippen LogP contribution in [0.4, 0.5) is 0 Å². The Kier molecular flexibility index (Phi) is 5.76. The molecule has 0 atom stereocenters. The lowest BCUT2D eigenvalue weighted by Crippen LogP contribution is -2.10. The first-order chi connectivity index (χ1) is 13.7. The van der Waals surface area contributed by atoms with Crippen molar-refractivity contribution < 1.29 is 14.3 Å². The zero-order valence-electron chi connectivity index (χ0n) is 15.7. The van der Waals surface area contributed by atoms with Crippen LogP contribution in [-0.4, -0.2) is 38.5 Å². The molecule has 10 heteroatoms. The second kappa shape index (κ2) is 8.10. The lowest BCUT2D eigenvalue weighted by atomic mass is 10.2. The Hall–Kier alpha value is -3.10. The number of hydrogen-bond acceptors (Lipinski definition) is 5. The Balaban J connectivity index is 0.000000166. The van der Waals surface area contributed by atoms with Crippen molar-refractivity contribution in [2.75, 3.05) is 7.11 Å². The number of rotatable bonds is 1. The summed E-state index contributed by atoms with van der Waals surface area (Å²) in [6.45, 7) is 2.82. The maximum atomic E-state index is 11.4. The molecule has 150 valence electrons. The summed E-state index contributed by atoms with van der Waals surface area (Å²) in [7, 11) is 1.51. The van der Waals surface area contributed by atoms with Gasteiger partial charge >= 0.3 is 0 Å². The molecular weight excluding hydrogens is 419 g/mol. The molecule has 8 nitrogen and oxygen atoms in total. The summed E-state index contributed by atoms with van der Waals surface area (Å²) in [5.41, 5.74) is 0.938.